The second-order valence-electron chi connectivity index (χ2n) is 5.27. The Morgan fingerprint density at radius 1 is 0.882 bits per heavy atom. The number of halogens is 1. The molecule has 0 fully saturated rings. The zero-order valence-electron chi connectivity index (χ0n) is 11.9. The summed E-state index contributed by atoms with van der Waals surface area (Å²) < 4.78 is 0. The van der Waals surface area contributed by atoms with Gasteiger partial charge in [0.15, 0.2) is 7.38 Å². The Kier molecular flexibility index (Phi) is 11.5. The lowest BCUT2D eigenvalue weighted by Gasteiger charge is -2.23. The summed E-state index contributed by atoms with van der Waals surface area (Å²) in [6.45, 7) is 8.41. The van der Waals surface area contributed by atoms with E-state index in [0.29, 0.717) is 0 Å². The van der Waals surface area contributed by atoms with Crippen molar-refractivity contribution in [1.82, 2.24) is 0 Å². The van der Waals surface area contributed by atoms with Crippen molar-refractivity contribution < 1.29 is 0 Å². The van der Waals surface area contributed by atoms with Crippen LogP contribution in [0.2, 0.25) is 18.1 Å². The number of unbranched alkanes of at least 4 members (excludes halogenated alkanes) is 6. The van der Waals surface area contributed by atoms with Gasteiger partial charge in [-0.2, -0.15) is 11.1 Å². The van der Waals surface area contributed by atoms with Crippen LogP contribution in [-0.2, 0) is 0 Å². The first-order chi connectivity index (χ1) is 8.18. The molecule has 0 bridgehead atoms. The maximum absolute atomic E-state index is 6.86. The van der Waals surface area contributed by atoms with Crippen molar-refractivity contribution in [2.45, 2.75) is 83.3 Å². The third-order valence-corrected chi connectivity index (χ3v) is 8.58. The van der Waals surface area contributed by atoms with E-state index in [0.717, 1.165) is 6.04 Å². The highest BCUT2D eigenvalue weighted by Crippen LogP contribution is 2.31. The smallest absolute Gasteiger partial charge is 0.160 e. The molecular weight excluding hydrogens is 244 g/mol. The van der Waals surface area contributed by atoms with Gasteiger partial charge in [0, 0.05) is 0 Å². The van der Waals surface area contributed by atoms with Crippen LogP contribution in [0, 0.1) is 0 Å². The third kappa shape index (κ3) is 9.90. The fraction of sp³-hybridized carbons (Fsp3) is 0.867. The van der Waals surface area contributed by atoms with E-state index in [1.807, 2.05) is 0 Å². The van der Waals surface area contributed by atoms with Gasteiger partial charge in [0.25, 0.3) is 0 Å². The molecule has 0 amide bonds. The second-order valence-corrected chi connectivity index (χ2v) is 11.4. The van der Waals surface area contributed by atoms with Crippen molar-refractivity contribution in [2.24, 2.45) is 0 Å². The highest BCUT2D eigenvalue weighted by atomic mass is 35.6. The topological polar surface area (TPSA) is 0 Å². The molecule has 2 heteroatoms. The molecule has 0 aliphatic heterocycles. The van der Waals surface area contributed by atoms with Crippen LogP contribution in [-0.4, -0.2) is 7.38 Å². The molecule has 0 aromatic rings. The molecule has 0 atom stereocenters. The van der Waals surface area contributed by atoms with Gasteiger partial charge in [0.2, 0.25) is 0 Å². The van der Waals surface area contributed by atoms with Gasteiger partial charge in [-0.1, -0.05) is 71.3 Å². The summed E-state index contributed by atoms with van der Waals surface area (Å²) in [5.41, 5.74) is 0. The monoisotopic (exact) mass is 274 g/mol. The van der Waals surface area contributed by atoms with Crippen LogP contribution in [0.3, 0.4) is 0 Å². The quantitative estimate of drug-likeness (QED) is 0.165. The first kappa shape index (κ1) is 17.2. The normalized spacial score (nSPS) is 11.7. The highest BCUT2D eigenvalue weighted by molar-refractivity contribution is 7.20. The maximum Gasteiger partial charge on any atom is 0.160 e. The zero-order chi connectivity index (χ0) is 13.0. The summed E-state index contributed by atoms with van der Waals surface area (Å²) in [6, 6.07) is 3.70. The SMILES string of the molecule is C=CC[Si](Cl)(CCCCCC)CCCCCC. The molecule has 0 aromatic heterocycles. The largest absolute Gasteiger partial charge is 0.167 e. The molecule has 0 aromatic carbocycles. The molecular formula is C15H31ClSi. The minimum absolute atomic E-state index is 1.10. The zero-order valence-corrected chi connectivity index (χ0v) is 13.7. The van der Waals surface area contributed by atoms with Crippen molar-refractivity contribution in [3.63, 3.8) is 0 Å². The van der Waals surface area contributed by atoms with Crippen LogP contribution in [0.25, 0.3) is 0 Å². The molecule has 0 nitrogen and oxygen atoms in total. The Hall–Kier alpha value is 0.247. The van der Waals surface area contributed by atoms with E-state index in [1.165, 1.54) is 63.5 Å². The summed E-state index contributed by atoms with van der Waals surface area (Å²) in [7, 11) is -1.50. The van der Waals surface area contributed by atoms with Crippen molar-refractivity contribution in [3.05, 3.63) is 12.7 Å². The second kappa shape index (κ2) is 11.3. The van der Waals surface area contributed by atoms with E-state index in [-0.39, 0.29) is 0 Å². The highest BCUT2D eigenvalue weighted by Gasteiger charge is 2.27. The van der Waals surface area contributed by atoms with Gasteiger partial charge in [0.1, 0.15) is 0 Å². The van der Waals surface area contributed by atoms with Gasteiger partial charge in [0.05, 0.1) is 0 Å². The number of rotatable bonds is 12. The minimum Gasteiger partial charge on any atom is -0.167 e. The lowest BCUT2D eigenvalue weighted by atomic mass is 10.2. The average molecular weight is 275 g/mol. The van der Waals surface area contributed by atoms with E-state index in [4.69, 9.17) is 11.1 Å². The van der Waals surface area contributed by atoms with E-state index in [2.05, 4.69) is 26.5 Å². The van der Waals surface area contributed by atoms with Gasteiger partial charge < -0.3 is 0 Å². The number of hydrogen-bond donors (Lipinski definition) is 0. The molecule has 102 valence electrons. The Bertz CT molecular complexity index is 168. The van der Waals surface area contributed by atoms with E-state index in [9.17, 15) is 0 Å². The molecule has 0 aliphatic carbocycles. The Labute approximate surface area is 115 Å². The summed E-state index contributed by atoms with van der Waals surface area (Å²) in [5.74, 6) is 0. The summed E-state index contributed by atoms with van der Waals surface area (Å²) >= 11 is 6.86. The minimum atomic E-state index is -1.50. The van der Waals surface area contributed by atoms with E-state index >= 15 is 0 Å². The van der Waals surface area contributed by atoms with Crippen molar-refractivity contribution in [2.75, 3.05) is 0 Å². The number of hydrogen-bond acceptors (Lipinski definition) is 0. The molecule has 0 heterocycles. The summed E-state index contributed by atoms with van der Waals surface area (Å²) in [5, 5.41) is 0. The van der Waals surface area contributed by atoms with Gasteiger partial charge in [-0.05, 0) is 18.1 Å². The molecule has 0 saturated carbocycles. The van der Waals surface area contributed by atoms with Crippen LogP contribution in [0.5, 0.6) is 0 Å². The maximum atomic E-state index is 6.86. The van der Waals surface area contributed by atoms with Crippen molar-refractivity contribution >= 4 is 18.5 Å². The van der Waals surface area contributed by atoms with Crippen LogP contribution in [0.1, 0.15) is 65.2 Å². The van der Waals surface area contributed by atoms with Crippen molar-refractivity contribution in [3.8, 4) is 0 Å². The van der Waals surface area contributed by atoms with Crippen LogP contribution >= 0.6 is 11.1 Å². The van der Waals surface area contributed by atoms with Crippen LogP contribution in [0.4, 0.5) is 0 Å². The van der Waals surface area contributed by atoms with E-state index < -0.39 is 7.38 Å². The predicted molar refractivity (Wildman–Crippen MR) is 84.5 cm³/mol. The third-order valence-electron chi connectivity index (χ3n) is 3.47. The van der Waals surface area contributed by atoms with Gasteiger partial charge in [-0.25, -0.2) is 0 Å². The average Bonchev–Trinajstić information content (AvgIpc) is 2.31. The first-order valence-corrected chi connectivity index (χ1v) is 11.1. The molecule has 0 aliphatic rings. The molecule has 17 heavy (non-hydrogen) atoms. The fourth-order valence-corrected chi connectivity index (χ4v) is 6.40. The summed E-state index contributed by atoms with van der Waals surface area (Å²) in [4.78, 5) is 0. The molecule has 0 saturated heterocycles. The Balaban J connectivity index is 3.84. The fourth-order valence-electron chi connectivity index (χ4n) is 2.32. The molecule has 0 N–H and O–H groups in total. The van der Waals surface area contributed by atoms with Gasteiger partial charge in [-0.15, -0.1) is 6.58 Å². The first-order valence-electron chi connectivity index (χ1n) is 7.48. The molecule has 0 unspecified atom stereocenters. The molecule has 0 rings (SSSR count). The van der Waals surface area contributed by atoms with Crippen molar-refractivity contribution in [1.29, 1.82) is 0 Å². The van der Waals surface area contributed by atoms with Crippen LogP contribution < -0.4 is 0 Å². The molecule has 0 spiro atoms. The Morgan fingerprint density at radius 2 is 1.35 bits per heavy atom. The molecule has 0 radical (unpaired) electrons. The Morgan fingerprint density at radius 3 is 1.71 bits per heavy atom. The summed E-state index contributed by atoms with van der Waals surface area (Å²) in [6.07, 6.45) is 12.8. The lowest BCUT2D eigenvalue weighted by Crippen LogP contribution is -2.25. The van der Waals surface area contributed by atoms with E-state index in [1.54, 1.807) is 0 Å². The van der Waals surface area contributed by atoms with Gasteiger partial charge >= 0.3 is 0 Å². The standard InChI is InChI=1S/C15H31ClSi/c1-4-7-9-11-14-17(16,13-6-3)15-12-10-8-5-2/h6H,3-5,7-15H2,1-2H3. The van der Waals surface area contributed by atoms with Gasteiger partial charge in [-0.3, -0.25) is 0 Å². The van der Waals surface area contributed by atoms with Crippen LogP contribution in [0.15, 0.2) is 12.7 Å². The predicted octanol–water partition coefficient (Wildman–Crippen LogP) is 6.52. The number of allylic oxidation sites excluding steroid dienone is 1. The lowest BCUT2D eigenvalue weighted by molar-refractivity contribution is 0.683.